The van der Waals surface area contributed by atoms with Crippen LogP contribution in [0.4, 0.5) is 0 Å². The Balaban J connectivity index is 1.73. The van der Waals surface area contributed by atoms with Crippen molar-refractivity contribution in [3.05, 3.63) is 70.5 Å². The van der Waals surface area contributed by atoms with Gasteiger partial charge in [0.2, 0.25) is 4.77 Å². The largest absolute Gasteiger partial charge is 0.283 e. The Bertz CT molecular complexity index is 818. The molecular weight excluding hydrogens is 304 g/mol. The van der Waals surface area contributed by atoms with Gasteiger partial charge in [0.05, 0.1) is 6.67 Å². The van der Waals surface area contributed by atoms with E-state index in [9.17, 15) is 0 Å². The molecule has 1 heterocycles. The maximum Gasteiger partial charge on any atom is 0.217 e. The molecular formula is C18H20N4S. The zero-order chi connectivity index (χ0) is 16.2. The Labute approximate surface area is 141 Å². The lowest BCUT2D eigenvalue weighted by molar-refractivity contribution is 0.244. The highest BCUT2D eigenvalue weighted by molar-refractivity contribution is 7.71. The summed E-state index contributed by atoms with van der Waals surface area (Å²) in [7, 11) is 2.07. The molecule has 0 spiro atoms. The summed E-state index contributed by atoms with van der Waals surface area (Å²) in [5, 5.41) is 3.29. The lowest BCUT2D eigenvalue weighted by Gasteiger charge is -2.16. The van der Waals surface area contributed by atoms with E-state index in [-0.39, 0.29) is 0 Å². The molecule has 1 N–H and O–H groups in total. The first-order valence-corrected chi connectivity index (χ1v) is 7.99. The summed E-state index contributed by atoms with van der Waals surface area (Å²) in [6, 6.07) is 18.7. The number of aryl methyl sites for hydroxylation is 1. The maximum absolute atomic E-state index is 5.38. The van der Waals surface area contributed by atoms with E-state index in [1.807, 2.05) is 10.7 Å². The number of hydrogen-bond donors (Lipinski definition) is 1. The Hall–Kier alpha value is -2.24. The van der Waals surface area contributed by atoms with Gasteiger partial charge in [-0.15, -0.1) is 0 Å². The van der Waals surface area contributed by atoms with Gasteiger partial charge in [-0.1, -0.05) is 60.2 Å². The summed E-state index contributed by atoms with van der Waals surface area (Å²) >= 11 is 5.38. The fourth-order valence-corrected chi connectivity index (χ4v) is 2.67. The number of aromatic amines is 1. The first-order chi connectivity index (χ1) is 11.1. The van der Waals surface area contributed by atoms with Gasteiger partial charge in [-0.05, 0) is 31.8 Å². The van der Waals surface area contributed by atoms with Crippen LogP contribution in [0.15, 0.2) is 54.6 Å². The average molecular weight is 324 g/mol. The molecule has 118 valence electrons. The van der Waals surface area contributed by atoms with Crippen molar-refractivity contribution in [2.24, 2.45) is 0 Å². The third-order valence-electron chi connectivity index (χ3n) is 3.68. The Morgan fingerprint density at radius 3 is 2.48 bits per heavy atom. The lowest BCUT2D eigenvalue weighted by Crippen LogP contribution is -2.22. The van der Waals surface area contributed by atoms with Crippen molar-refractivity contribution in [1.82, 2.24) is 19.7 Å². The smallest absolute Gasteiger partial charge is 0.217 e. The van der Waals surface area contributed by atoms with E-state index in [2.05, 4.69) is 77.5 Å². The van der Waals surface area contributed by atoms with Crippen LogP contribution in [-0.4, -0.2) is 26.7 Å². The van der Waals surface area contributed by atoms with Crippen LogP contribution in [0.25, 0.3) is 11.4 Å². The average Bonchev–Trinajstić information content (AvgIpc) is 2.90. The highest BCUT2D eigenvalue weighted by atomic mass is 32.1. The van der Waals surface area contributed by atoms with Gasteiger partial charge in [-0.3, -0.25) is 10.00 Å². The van der Waals surface area contributed by atoms with Gasteiger partial charge < -0.3 is 0 Å². The van der Waals surface area contributed by atoms with E-state index < -0.39 is 0 Å². The quantitative estimate of drug-likeness (QED) is 0.721. The lowest BCUT2D eigenvalue weighted by atomic mass is 10.1. The molecule has 0 atom stereocenters. The summed E-state index contributed by atoms with van der Waals surface area (Å²) in [4.78, 5) is 6.66. The molecule has 0 aliphatic rings. The zero-order valence-corrected chi connectivity index (χ0v) is 14.2. The number of nitrogens with one attached hydrogen (secondary N) is 1. The van der Waals surface area contributed by atoms with E-state index in [1.54, 1.807) is 0 Å². The summed E-state index contributed by atoms with van der Waals surface area (Å²) in [5.41, 5.74) is 3.56. The van der Waals surface area contributed by atoms with Crippen LogP contribution in [0, 0.1) is 11.7 Å². The van der Waals surface area contributed by atoms with Gasteiger partial charge in [0.25, 0.3) is 0 Å². The van der Waals surface area contributed by atoms with Gasteiger partial charge in [-0.25, -0.2) is 4.68 Å². The van der Waals surface area contributed by atoms with Crippen LogP contribution >= 0.6 is 12.2 Å². The molecule has 0 radical (unpaired) electrons. The number of H-pyrrole nitrogens is 1. The number of nitrogens with zero attached hydrogens (tertiary/aromatic N) is 3. The van der Waals surface area contributed by atoms with Crippen molar-refractivity contribution >= 4 is 12.2 Å². The van der Waals surface area contributed by atoms with Gasteiger partial charge in [0.1, 0.15) is 0 Å². The summed E-state index contributed by atoms with van der Waals surface area (Å²) in [5.74, 6) is 0.808. The Morgan fingerprint density at radius 1 is 1.09 bits per heavy atom. The SMILES string of the molecule is Cc1ccc(-c2nc(=S)n(CN(C)Cc3ccccc3)[nH]2)cc1. The minimum absolute atomic E-state index is 0.570. The molecule has 4 nitrogen and oxygen atoms in total. The molecule has 0 aliphatic heterocycles. The normalized spacial score (nSPS) is 11.1. The van der Waals surface area contributed by atoms with Crippen LogP contribution < -0.4 is 0 Å². The van der Waals surface area contributed by atoms with Crippen LogP contribution in [0.2, 0.25) is 0 Å². The molecule has 1 aromatic heterocycles. The van der Waals surface area contributed by atoms with Crippen LogP contribution in [0.3, 0.4) is 0 Å². The van der Waals surface area contributed by atoms with Crippen molar-refractivity contribution in [1.29, 1.82) is 0 Å². The van der Waals surface area contributed by atoms with Crippen LogP contribution in [0.5, 0.6) is 0 Å². The first-order valence-electron chi connectivity index (χ1n) is 7.58. The zero-order valence-electron chi connectivity index (χ0n) is 13.4. The van der Waals surface area contributed by atoms with Crippen molar-refractivity contribution in [3.63, 3.8) is 0 Å². The van der Waals surface area contributed by atoms with Gasteiger partial charge >= 0.3 is 0 Å². The topological polar surface area (TPSA) is 36.9 Å². The second-order valence-electron chi connectivity index (χ2n) is 5.79. The molecule has 23 heavy (non-hydrogen) atoms. The molecule has 3 aromatic rings. The molecule has 2 aromatic carbocycles. The molecule has 0 aliphatic carbocycles. The van der Waals surface area contributed by atoms with Crippen molar-refractivity contribution < 1.29 is 0 Å². The standard InChI is InChI=1S/C18H20N4S/c1-14-8-10-16(11-9-14)17-19-18(23)22(20-17)13-21(2)12-15-6-4-3-5-7-15/h3-11H,12-13H2,1-2H3,(H,19,20,23). The number of rotatable bonds is 5. The van der Waals surface area contributed by atoms with E-state index in [0.29, 0.717) is 11.4 Å². The number of benzene rings is 2. The second-order valence-corrected chi connectivity index (χ2v) is 6.16. The second kappa shape index (κ2) is 6.89. The minimum Gasteiger partial charge on any atom is -0.283 e. The predicted molar refractivity (Wildman–Crippen MR) is 95.5 cm³/mol. The summed E-state index contributed by atoms with van der Waals surface area (Å²) in [6.07, 6.45) is 0. The third-order valence-corrected chi connectivity index (χ3v) is 3.99. The molecule has 0 saturated carbocycles. The number of aromatic nitrogens is 3. The molecule has 0 unspecified atom stereocenters. The molecule has 0 bridgehead atoms. The van der Waals surface area contributed by atoms with Crippen LogP contribution in [-0.2, 0) is 13.2 Å². The Morgan fingerprint density at radius 2 is 1.78 bits per heavy atom. The molecule has 3 rings (SSSR count). The van der Waals surface area contributed by atoms with E-state index >= 15 is 0 Å². The van der Waals surface area contributed by atoms with Crippen molar-refractivity contribution in [2.45, 2.75) is 20.1 Å². The molecule has 5 heteroatoms. The van der Waals surface area contributed by atoms with Crippen molar-refractivity contribution in [2.75, 3.05) is 7.05 Å². The molecule has 0 amide bonds. The number of hydrogen-bond acceptors (Lipinski definition) is 3. The van der Waals surface area contributed by atoms with Crippen LogP contribution in [0.1, 0.15) is 11.1 Å². The van der Waals surface area contributed by atoms with E-state index in [4.69, 9.17) is 12.2 Å². The van der Waals surface area contributed by atoms with Gasteiger partial charge in [-0.2, -0.15) is 4.98 Å². The first kappa shape index (κ1) is 15.6. The fourth-order valence-electron chi connectivity index (χ4n) is 2.48. The monoisotopic (exact) mass is 324 g/mol. The Kier molecular flexibility index (Phi) is 4.69. The van der Waals surface area contributed by atoms with E-state index in [1.165, 1.54) is 11.1 Å². The fraction of sp³-hybridized carbons (Fsp3) is 0.222. The molecule has 0 saturated heterocycles. The third kappa shape index (κ3) is 3.94. The predicted octanol–water partition coefficient (Wildman–Crippen LogP) is 4.01. The summed E-state index contributed by atoms with van der Waals surface area (Å²) in [6.45, 7) is 3.61. The van der Waals surface area contributed by atoms with Gasteiger partial charge in [0.15, 0.2) is 5.82 Å². The van der Waals surface area contributed by atoms with Gasteiger partial charge in [0, 0.05) is 12.1 Å². The molecule has 0 fully saturated rings. The maximum atomic E-state index is 5.38. The highest BCUT2D eigenvalue weighted by Crippen LogP contribution is 2.15. The van der Waals surface area contributed by atoms with Crippen molar-refractivity contribution in [3.8, 4) is 11.4 Å². The summed E-state index contributed by atoms with van der Waals surface area (Å²) < 4.78 is 2.47. The minimum atomic E-state index is 0.570. The van der Waals surface area contributed by atoms with E-state index in [0.717, 1.165) is 17.9 Å². The highest BCUT2D eigenvalue weighted by Gasteiger charge is 2.07.